The van der Waals surface area contributed by atoms with Gasteiger partial charge in [-0.2, -0.15) is 8.42 Å². The molecule has 0 heterocycles. The predicted octanol–water partition coefficient (Wildman–Crippen LogP) is 1.40. The second-order valence-corrected chi connectivity index (χ2v) is 4.77. The summed E-state index contributed by atoms with van der Waals surface area (Å²) in [6.45, 7) is 0. The molecule has 7 nitrogen and oxygen atoms in total. The van der Waals surface area contributed by atoms with Crippen molar-refractivity contribution in [1.82, 2.24) is 0 Å². The smallest absolute Gasteiger partial charge is 0.294 e. The summed E-state index contributed by atoms with van der Waals surface area (Å²) in [6, 6.07) is 3.84. The lowest BCUT2D eigenvalue weighted by atomic mass is 10.3. The minimum atomic E-state index is -4.28. The van der Waals surface area contributed by atoms with Crippen LogP contribution < -0.4 is 5.32 Å². The summed E-state index contributed by atoms with van der Waals surface area (Å²) in [5, 5.41) is 14.2. The third-order valence-corrected chi connectivity index (χ3v) is 3.17. The van der Waals surface area contributed by atoms with Gasteiger partial charge >= 0.3 is 0 Å². The molecule has 0 aliphatic rings. The number of rotatable bonds is 5. The highest BCUT2D eigenvalue weighted by Gasteiger charge is 2.13. The van der Waals surface area contributed by atoms with Gasteiger partial charge < -0.3 is 5.32 Å². The fourth-order valence-electron chi connectivity index (χ4n) is 0.990. The summed E-state index contributed by atoms with van der Waals surface area (Å²) < 4.78 is 34.7. The van der Waals surface area contributed by atoms with E-state index in [2.05, 4.69) is 14.7 Å². The maximum atomic E-state index is 10.9. The van der Waals surface area contributed by atoms with Crippen molar-refractivity contribution in [3.05, 3.63) is 18.2 Å². The Morgan fingerprint density at radius 2 is 2.12 bits per heavy atom. The Morgan fingerprint density at radius 1 is 1.44 bits per heavy atom. The van der Waals surface area contributed by atoms with Gasteiger partial charge in [0.2, 0.25) is 0 Å². The molecular formula is C7H9NO6S2. The maximum absolute atomic E-state index is 10.9. The van der Waals surface area contributed by atoms with Gasteiger partial charge in [-0.05, 0) is 18.2 Å². The van der Waals surface area contributed by atoms with Gasteiger partial charge in [-0.1, -0.05) is 5.04 Å². The quantitative estimate of drug-likeness (QED) is 0.318. The molecule has 0 spiro atoms. The molecular weight excluding hydrogens is 258 g/mol. The number of hydrogen-bond donors (Lipinski definition) is 3. The van der Waals surface area contributed by atoms with Crippen molar-refractivity contribution in [1.29, 1.82) is 0 Å². The molecule has 0 aliphatic carbocycles. The minimum Gasteiger partial charge on any atom is -0.387 e. The van der Waals surface area contributed by atoms with Gasteiger partial charge in [-0.25, -0.2) is 5.26 Å². The second-order valence-electron chi connectivity index (χ2n) is 2.61. The van der Waals surface area contributed by atoms with Crippen LogP contribution in [-0.2, 0) is 19.5 Å². The van der Waals surface area contributed by atoms with Crippen LogP contribution in [0.3, 0.4) is 0 Å². The SMILES string of the molecule is CNc1ccc(S(=O)(=O)O)cc1SOOO. The molecule has 3 N–H and O–H groups in total. The van der Waals surface area contributed by atoms with E-state index in [0.29, 0.717) is 22.6 Å². The highest BCUT2D eigenvalue weighted by molar-refractivity contribution is 7.94. The number of benzene rings is 1. The first-order valence-corrected chi connectivity index (χ1v) is 6.11. The summed E-state index contributed by atoms with van der Waals surface area (Å²) in [7, 11) is -2.66. The topological polar surface area (TPSA) is 105 Å². The summed E-state index contributed by atoms with van der Waals surface area (Å²) in [4.78, 5) is 0.0437. The van der Waals surface area contributed by atoms with Gasteiger partial charge in [-0.15, -0.1) is 4.33 Å². The van der Waals surface area contributed by atoms with E-state index in [1.165, 1.54) is 18.2 Å². The van der Waals surface area contributed by atoms with Gasteiger partial charge in [0.05, 0.1) is 27.5 Å². The molecule has 0 unspecified atom stereocenters. The fourth-order valence-corrected chi connectivity index (χ4v) is 2.11. The summed E-state index contributed by atoms with van der Waals surface area (Å²) in [5.74, 6) is 0. The molecule has 0 atom stereocenters. The fraction of sp³-hybridized carbons (Fsp3) is 0.143. The summed E-state index contributed by atoms with van der Waals surface area (Å²) in [6.07, 6.45) is 0. The van der Waals surface area contributed by atoms with Crippen LogP contribution in [0.4, 0.5) is 5.69 Å². The Morgan fingerprint density at radius 3 is 2.62 bits per heavy atom. The maximum Gasteiger partial charge on any atom is 0.294 e. The van der Waals surface area contributed by atoms with Crippen LogP contribution >= 0.6 is 12.0 Å². The van der Waals surface area contributed by atoms with Crippen LogP contribution in [-0.4, -0.2) is 25.3 Å². The molecule has 1 rings (SSSR count). The first kappa shape index (κ1) is 13.2. The third-order valence-electron chi connectivity index (χ3n) is 1.67. The zero-order chi connectivity index (χ0) is 12.2. The highest BCUT2D eigenvalue weighted by Crippen LogP contribution is 2.30. The molecule has 0 aliphatic heterocycles. The molecule has 0 saturated carbocycles. The Bertz CT molecular complexity index is 460. The van der Waals surface area contributed by atoms with Crippen LogP contribution in [0.1, 0.15) is 0 Å². The van der Waals surface area contributed by atoms with E-state index < -0.39 is 10.1 Å². The molecule has 16 heavy (non-hydrogen) atoms. The molecule has 0 amide bonds. The van der Waals surface area contributed by atoms with Crippen LogP contribution in [0.5, 0.6) is 0 Å². The normalized spacial score (nSPS) is 11.4. The molecule has 0 radical (unpaired) electrons. The molecule has 90 valence electrons. The molecule has 0 saturated heterocycles. The van der Waals surface area contributed by atoms with Gasteiger partial charge in [0.1, 0.15) is 0 Å². The van der Waals surface area contributed by atoms with Crippen molar-refractivity contribution >= 4 is 27.8 Å². The Labute approximate surface area is 96.2 Å². The molecule has 0 bridgehead atoms. The van der Waals surface area contributed by atoms with E-state index in [-0.39, 0.29) is 4.90 Å². The zero-order valence-corrected chi connectivity index (χ0v) is 9.71. The molecule has 1 aromatic rings. The van der Waals surface area contributed by atoms with Crippen molar-refractivity contribution in [2.75, 3.05) is 12.4 Å². The monoisotopic (exact) mass is 267 g/mol. The van der Waals surface area contributed by atoms with E-state index in [1.54, 1.807) is 7.05 Å². The molecule has 9 heteroatoms. The number of nitrogens with one attached hydrogen (secondary N) is 1. The van der Waals surface area contributed by atoms with E-state index >= 15 is 0 Å². The summed E-state index contributed by atoms with van der Waals surface area (Å²) >= 11 is 0.592. The first-order valence-electron chi connectivity index (χ1n) is 3.93. The number of hydrogen-bond acceptors (Lipinski definition) is 7. The lowest BCUT2D eigenvalue weighted by molar-refractivity contribution is -0.432. The third kappa shape index (κ3) is 3.33. The van der Waals surface area contributed by atoms with E-state index in [4.69, 9.17) is 9.81 Å². The van der Waals surface area contributed by atoms with Gasteiger partial charge in [-0.3, -0.25) is 4.55 Å². The van der Waals surface area contributed by atoms with Crippen LogP contribution in [0.2, 0.25) is 0 Å². The molecule has 1 aromatic carbocycles. The average molecular weight is 267 g/mol. The highest BCUT2D eigenvalue weighted by atomic mass is 32.2. The van der Waals surface area contributed by atoms with Crippen molar-refractivity contribution in [3.63, 3.8) is 0 Å². The Hall–Kier alpha value is -0.840. The first-order chi connectivity index (χ1) is 7.49. The van der Waals surface area contributed by atoms with E-state index in [0.717, 1.165) is 0 Å². The minimum absolute atomic E-state index is 0.282. The Balaban J connectivity index is 3.11. The standard InChI is InChI=1S/C7H9NO6S2/c1-8-6-3-2-5(16(10,11)12)4-7(6)15-14-13-9/h2-4,8-9H,1H3,(H,10,11,12). The van der Waals surface area contributed by atoms with Gasteiger partial charge in [0.15, 0.2) is 0 Å². The Kier molecular flexibility index (Phi) is 4.53. The zero-order valence-electron chi connectivity index (χ0n) is 8.08. The predicted molar refractivity (Wildman–Crippen MR) is 56.5 cm³/mol. The van der Waals surface area contributed by atoms with Crippen molar-refractivity contribution < 1.29 is 27.6 Å². The van der Waals surface area contributed by atoms with Crippen molar-refractivity contribution in [2.24, 2.45) is 0 Å². The van der Waals surface area contributed by atoms with Gasteiger partial charge in [0.25, 0.3) is 10.1 Å². The van der Waals surface area contributed by atoms with Gasteiger partial charge in [0, 0.05) is 7.05 Å². The van der Waals surface area contributed by atoms with Crippen molar-refractivity contribution in [3.8, 4) is 0 Å². The van der Waals surface area contributed by atoms with Crippen molar-refractivity contribution in [2.45, 2.75) is 9.79 Å². The largest absolute Gasteiger partial charge is 0.387 e. The van der Waals surface area contributed by atoms with E-state index in [1.807, 2.05) is 0 Å². The lowest BCUT2D eigenvalue weighted by Gasteiger charge is -2.07. The number of anilines is 1. The lowest BCUT2D eigenvalue weighted by Crippen LogP contribution is -2.00. The molecule has 0 aromatic heterocycles. The summed E-state index contributed by atoms with van der Waals surface area (Å²) in [5.41, 5.74) is 0.550. The van der Waals surface area contributed by atoms with Crippen LogP contribution in [0, 0.1) is 0 Å². The van der Waals surface area contributed by atoms with Crippen LogP contribution in [0.25, 0.3) is 0 Å². The second kappa shape index (κ2) is 5.48. The average Bonchev–Trinajstić information content (AvgIpc) is 2.24. The van der Waals surface area contributed by atoms with E-state index in [9.17, 15) is 8.42 Å². The van der Waals surface area contributed by atoms with Crippen LogP contribution in [0.15, 0.2) is 28.0 Å². The molecule has 0 fully saturated rings.